The highest BCUT2D eigenvalue weighted by Gasteiger charge is 2.33. The van der Waals surface area contributed by atoms with E-state index in [2.05, 4.69) is 62.4 Å². The molecule has 0 heteroatoms. The molecule has 3 aliphatic rings. The number of unbranched alkanes of at least 4 members (excludes halogenated alkanes) is 3. The molecule has 2 saturated carbocycles. The summed E-state index contributed by atoms with van der Waals surface area (Å²) in [4.78, 5) is 0. The summed E-state index contributed by atoms with van der Waals surface area (Å²) in [6, 6.07) is 9.28. The van der Waals surface area contributed by atoms with Gasteiger partial charge in [-0.1, -0.05) is 107 Å². The van der Waals surface area contributed by atoms with Gasteiger partial charge < -0.3 is 0 Å². The molecule has 0 radical (unpaired) electrons. The Kier molecular flexibility index (Phi) is 11.0. The first-order chi connectivity index (χ1) is 17.2. The van der Waals surface area contributed by atoms with E-state index in [1.165, 1.54) is 107 Å². The Morgan fingerprint density at radius 3 is 1.94 bits per heavy atom. The minimum atomic E-state index is 0.634. The molecule has 2 atom stereocenters. The van der Waals surface area contributed by atoms with Gasteiger partial charge in [-0.2, -0.15) is 0 Å². The Morgan fingerprint density at radius 1 is 0.657 bits per heavy atom. The Labute approximate surface area is 218 Å². The van der Waals surface area contributed by atoms with Crippen molar-refractivity contribution < 1.29 is 0 Å². The van der Waals surface area contributed by atoms with Gasteiger partial charge in [-0.05, 0) is 111 Å². The first kappa shape index (κ1) is 26.8. The summed E-state index contributed by atoms with van der Waals surface area (Å²) in [6.07, 6.45) is 34.4. The third-order valence-electron chi connectivity index (χ3n) is 9.97. The van der Waals surface area contributed by atoms with Crippen molar-refractivity contribution in [1.29, 1.82) is 0 Å². The number of hydrogen-bond acceptors (Lipinski definition) is 0. The molecule has 2 unspecified atom stereocenters. The molecule has 35 heavy (non-hydrogen) atoms. The fraction of sp³-hybridized carbons (Fsp3) is 0.714. The normalized spacial score (nSPS) is 31.7. The van der Waals surface area contributed by atoms with Crippen molar-refractivity contribution in [2.45, 2.75) is 123 Å². The van der Waals surface area contributed by atoms with E-state index in [-0.39, 0.29) is 0 Å². The Morgan fingerprint density at radius 2 is 1.31 bits per heavy atom. The van der Waals surface area contributed by atoms with E-state index in [0.29, 0.717) is 5.92 Å². The molecule has 194 valence electrons. The molecule has 0 heterocycles. The molecule has 0 aliphatic heterocycles. The number of hydrogen-bond donors (Lipinski definition) is 0. The highest BCUT2D eigenvalue weighted by atomic mass is 14.4. The van der Waals surface area contributed by atoms with Crippen molar-refractivity contribution in [3.05, 3.63) is 53.6 Å². The van der Waals surface area contributed by atoms with Crippen LogP contribution in [0.2, 0.25) is 0 Å². The maximum Gasteiger partial charge on any atom is -0.00499 e. The third-order valence-corrected chi connectivity index (χ3v) is 9.97. The summed E-state index contributed by atoms with van der Waals surface area (Å²) in [5, 5.41) is 0. The van der Waals surface area contributed by atoms with E-state index in [0.717, 1.165) is 29.6 Å². The molecule has 1 aromatic carbocycles. The number of allylic oxidation sites excluding steroid dienone is 3. The lowest BCUT2D eigenvalue weighted by atomic mass is 9.66. The second-order valence-corrected chi connectivity index (χ2v) is 12.4. The maximum absolute atomic E-state index is 2.61. The zero-order chi connectivity index (χ0) is 24.3. The molecule has 2 fully saturated rings. The molecule has 0 spiro atoms. The molecule has 3 aliphatic carbocycles. The minimum Gasteiger partial charge on any atom is -0.0846 e. The van der Waals surface area contributed by atoms with E-state index in [1.807, 2.05) is 0 Å². The molecule has 0 bridgehead atoms. The highest BCUT2D eigenvalue weighted by Crippen LogP contribution is 2.45. The van der Waals surface area contributed by atoms with Gasteiger partial charge in [0.15, 0.2) is 0 Å². The first-order valence-electron chi connectivity index (χ1n) is 15.7. The molecule has 0 nitrogen and oxygen atoms in total. The SMILES string of the molecule is CCCCCc1ccc(/C=C/C2C=CC(C3CCC(C4CCC(CCCC)CC4)CC3)CC2)cc1. The van der Waals surface area contributed by atoms with Gasteiger partial charge in [-0.15, -0.1) is 0 Å². The van der Waals surface area contributed by atoms with Crippen molar-refractivity contribution in [2.24, 2.45) is 35.5 Å². The van der Waals surface area contributed by atoms with Gasteiger partial charge in [0.05, 0.1) is 0 Å². The average Bonchev–Trinajstić information content (AvgIpc) is 2.92. The molecule has 0 N–H and O–H groups in total. The standard InChI is InChI=1S/C35H54/c1-3-5-7-9-29-10-12-30(13-11-29)14-15-31-18-22-33(23-19-31)35-26-24-34(25-27-35)32-20-16-28(17-21-32)8-6-4-2/h10-15,18,22,28,31-35H,3-9,16-17,19-21,23-27H2,1-2H3/b15-14+. The Hall–Kier alpha value is -1.30. The summed E-state index contributed by atoms with van der Waals surface area (Å²) in [5.74, 6) is 5.64. The molecule has 0 saturated heterocycles. The highest BCUT2D eigenvalue weighted by molar-refractivity contribution is 5.50. The average molecular weight is 475 g/mol. The van der Waals surface area contributed by atoms with E-state index in [1.54, 1.807) is 12.8 Å². The molecule has 4 rings (SSSR count). The zero-order valence-corrected chi connectivity index (χ0v) is 23.1. The summed E-state index contributed by atoms with van der Waals surface area (Å²) in [5.41, 5.74) is 2.85. The van der Waals surface area contributed by atoms with E-state index in [4.69, 9.17) is 0 Å². The lowest BCUT2D eigenvalue weighted by Gasteiger charge is -2.40. The lowest BCUT2D eigenvalue weighted by molar-refractivity contribution is 0.127. The number of aryl methyl sites for hydroxylation is 1. The van der Waals surface area contributed by atoms with Gasteiger partial charge in [0, 0.05) is 0 Å². The molecule has 1 aromatic rings. The quantitative estimate of drug-likeness (QED) is 0.221. The second-order valence-electron chi connectivity index (χ2n) is 12.4. The summed E-state index contributed by atoms with van der Waals surface area (Å²) in [7, 11) is 0. The molecular formula is C35H54. The van der Waals surface area contributed by atoms with Crippen molar-refractivity contribution in [3.63, 3.8) is 0 Å². The fourth-order valence-electron chi connectivity index (χ4n) is 7.51. The third kappa shape index (κ3) is 8.36. The minimum absolute atomic E-state index is 0.634. The van der Waals surface area contributed by atoms with Crippen LogP contribution in [-0.2, 0) is 6.42 Å². The van der Waals surface area contributed by atoms with Crippen LogP contribution in [0.4, 0.5) is 0 Å². The topological polar surface area (TPSA) is 0 Å². The Balaban J connectivity index is 1.16. The van der Waals surface area contributed by atoms with Crippen molar-refractivity contribution in [3.8, 4) is 0 Å². The van der Waals surface area contributed by atoms with Crippen LogP contribution in [0.25, 0.3) is 6.08 Å². The predicted molar refractivity (Wildman–Crippen MR) is 154 cm³/mol. The monoisotopic (exact) mass is 474 g/mol. The van der Waals surface area contributed by atoms with Crippen molar-refractivity contribution in [1.82, 2.24) is 0 Å². The maximum atomic E-state index is 2.61. The smallest absolute Gasteiger partial charge is 0.00499 e. The van der Waals surface area contributed by atoms with Gasteiger partial charge in [-0.25, -0.2) is 0 Å². The summed E-state index contributed by atoms with van der Waals surface area (Å²) in [6.45, 7) is 4.62. The lowest BCUT2D eigenvalue weighted by Crippen LogP contribution is -2.28. The van der Waals surface area contributed by atoms with Gasteiger partial charge >= 0.3 is 0 Å². The van der Waals surface area contributed by atoms with Crippen LogP contribution in [0.15, 0.2) is 42.5 Å². The van der Waals surface area contributed by atoms with Crippen LogP contribution in [0.1, 0.15) is 128 Å². The van der Waals surface area contributed by atoms with Crippen LogP contribution >= 0.6 is 0 Å². The van der Waals surface area contributed by atoms with E-state index < -0.39 is 0 Å². The predicted octanol–water partition coefficient (Wildman–Crippen LogP) is 10.8. The van der Waals surface area contributed by atoms with Gasteiger partial charge in [0.25, 0.3) is 0 Å². The number of rotatable bonds is 11. The second kappa shape index (κ2) is 14.4. The van der Waals surface area contributed by atoms with Crippen molar-refractivity contribution in [2.75, 3.05) is 0 Å². The van der Waals surface area contributed by atoms with Crippen LogP contribution in [-0.4, -0.2) is 0 Å². The molecule has 0 aromatic heterocycles. The van der Waals surface area contributed by atoms with Crippen LogP contribution in [0, 0.1) is 35.5 Å². The summed E-state index contributed by atoms with van der Waals surface area (Å²) < 4.78 is 0. The summed E-state index contributed by atoms with van der Waals surface area (Å²) >= 11 is 0. The van der Waals surface area contributed by atoms with Crippen LogP contribution in [0.5, 0.6) is 0 Å². The van der Waals surface area contributed by atoms with Crippen LogP contribution < -0.4 is 0 Å². The van der Waals surface area contributed by atoms with Crippen LogP contribution in [0.3, 0.4) is 0 Å². The largest absolute Gasteiger partial charge is 0.0846 e. The fourth-order valence-corrected chi connectivity index (χ4v) is 7.51. The molecular weight excluding hydrogens is 420 g/mol. The van der Waals surface area contributed by atoms with Gasteiger partial charge in [0.1, 0.15) is 0 Å². The molecule has 0 amide bonds. The van der Waals surface area contributed by atoms with Crippen molar-refractivity contribution >= 4 is 6.08 Å². The Bertz CT molecular complexity index is 752. The zero-order valence-electron chi connectivity index (χ0n) is 23.1. The van der Waals surface area contributed by atoms with Gasteiger partial charge in [-0.3, -0.25) is 0 Å². The van der Waals surface area contributed by atoms with E-state index in [9.17, 15) is 0 Å². The number of benzene rings is 1. The first-order valence-corrected chi connectivity index (χ1v) is 15.7. The van der Waals surface area contributed by atoms with Gasteiger partial charge in [0.2, 0.25) is 0 Å². The van der Waals surface area contributed by atoms with E-state index >= 15 is 0 Å².